The smallest absolute Gasteiger partial charge is 0.387 e. The Kier molecular flexibility index (Phi) is 6.29. The number of alkyl halides is 2. The van der Waals surface area contributed by atoms with E-state index in [0.717, 1.165) is 12.1 Å². The molecule has 1 N–H and O–H groups in total. The van der Waals surface area contributed by atoms with Gasteiger partial charge in [-0.3, -0.25) is 0 Å². The third-order valence-corrected chi connectivity index (χ3v) is 2.51. The summed E-state index contributed by atoms with van der Waals surface area (Å²) in [5.74, 6) is 0.327. The highest BCUT2D eigenvalue weighted by molar-refractivity contribution is 5.56. The molecular formula is C14H19F2NO2. The second kappa shape index (κ2) is 7.74. The third-order valence-electron chi connectivity index (χ3n) is 2.51. The van der Waals surface area contributed by atoms with Gasteiger partial charge in [0.15, 0.2) is 11.5 Å². The van der Waals surface area contributed by atoms with Crippen LogP contribution in [-0.4, -0.2) is 26.3 Å². The molecule has 1 aromatic rings. The van der Waals surface area contributed by atoms with Crippen LogP contribution in [0.25, 0.3) is 6.08 Å². The second-order valence-electron chi connectivity index (χ2n) is 3.99. The molecule has 0 heterocycles. The van der Waals surface area contributed by atoms with Gasteiger partial charge in [0.2, 0.25) is 0 Å². The van der Waals surface area contributed by atoms with Crippen molar-refractivity contribution in [1.29, 1.82) is 0 Å². The Morgan fingerprint density at radius 1 is 1.32 bits per heavy atom. The minimum absolute atomic E-state index is 0.0365. The first kappa shape index (κ1) is 15.4. The van der Waals surface area contributed by atoms with Crippen molar-refractivity contribution in [3.05, 3.63) is 29.8 Å². The summed E-state index contributed by atoms with van der Waals surface area (Å²) in [7, 11) is 1.42. The summed E-state index contributed by atoms with van der Waals surface area (Å²) >= 11 is 0. The molecule has 0 aliphatic rings. The molecule has 1 aromatic carbocycles. The van der Waals surface area contributed by atoms with Crippen LogP contribution in [-0.2, 0) is 0 Å². The van der Waals surface area contributed by atoms with E-state index in [-0.39, 0.29) is 11.8 Å². The predicted molar refractivity (Wildman–Crippen MR) is 71.8 cm³/mol. The largest absolute Gasteiger partial charge is 0.493 e. The zero-order valence-corrected chi connectivity index (χ0v) is 11.3. The number of benzene rings is 1. The number of rotatable bonds is 7. The van der Waals surface area contributed by atoms with Crippen molar-refractivity contribution in [2.24, 2.45) is 0 Å². The third kappa shape index (κ3) is 5.26. The van der Waals surface area contributed by atoms with Gasteiger partial charge in [-0.1, -0.05) is 25.1 Å². The highest BCUT2D eigenvalue weighted by Crippen LogP contribution is 2.29. The number of methoxy groups -OCH3 is 1. The Hall–Kier alpha value is -1.62. The highest BCUT2D eigenvalue weighted by Gasteiger charge is 2.10. The lowest BCUT2D eigenvalue weighted by atomic mass is 10.1. The first-order valence-corrected chi connectivity index (χ1v) is 6.11. The normalized spacial score (nSPS) is 12.9. The summed E-state index contributed by atoms with van der Waals surface area (Å²) in [6.45, 7) is 2.09. The van der Waals surface area contributed by atoms with E-state index in [1.165, 1.54) is 13.2 Å². The summed E-state index contributed by atoms with van der Waals surface area (Å²) in [5, 5.41) is 3.24. The van der Waals surface area contributed by atoms with Crippen molar-refractivity contribution < 1.29 is 18.3 Å². The monoisotopic (exact) mass is 271 g/mol. The zero-order chi connectivity index (χ0) is 14.3. The van der Waals surface area contributed by atoms with Crippen LogP contribution in [0.5, 0.6) is 11.5 Å². The number of likely N-dealkylation sites (N-methyl/N-ethyl adjacent to an activating group) is 1. The Morgan fingerprint density at radius 2 is 2.05 bits per heavy atom. The molecule has 0 spiro atoms. The van der Waals surface area contributed by atoms with E-state index in [0.29, 0.717) is 5.75 Å². The molecule has 106 valence electrons. The summed E-state index contributed by atoms with van der Waals surface area (Å²) in [6, 6.07) is 5.08. The molecule has 3 nitrogen and oxygen atoms in total. The Morgan fingerprint density at radius 3 is 2.63 bits per heavy atom. The highest BCUT2D eigenvalue weighted by atomic mass is 19.3. The molecule has 5 heteroatoms. The molecule has 1 unspecified atom stereocenters. The van der Waals surface area contributed by atoms with E-state index in [9.17, 15) is 8.78 Å². The molecule has 0 aromatic heterocycles. The fraction of sp³-hybridized carbons (Fsp3) is 0.429. The number of hydrogen-bond donors (Lipinski definition) is 1. The lowest BCUT2D eigenvalue weighted by Gasteiger charge is -2.10. The molecule has 19 heavy (non-hydrogen) atoms. The number of nitrogens with one attached hydrogen (secondary N) is 1. The summed E-state index contributed by atoms with van der Waals surface area (Å²) in [5.41, 5.74) is 0.864. The van der Waals surface area contributed by atoms with Gasteiger partial charge in [0, 0.05) is 6.04 Å². The van der Waals surface area contributed by atoms with Crippen LogP contribution in [0.2, 0.25) is 0 Å². The van der Waals surface area contributed by atoms with Gasteiger partial charge in [-0.2, -0.15) is 8.78 Å². The van der Waals surface area contributed by atoms with Crippen molar-refractivity contribution in [2.45, 2.75) is 26.5 Å². The quantitative estimate of drug-likeness (QED) is 0.825. The van der Waals surface area contributed by atoms with E-state index in [4.69, 9.17) is 4.74 Å². The molecule has 0 aliphatic carbocycles. The molecular weight excluding hydrogens is 252 g/mol. The molecule has 0 aliphatic heterocycles. The van der Waals surface area contributed by atoms with Crippen LogP contribution in [0.1, 0.15) is 19.4 Å². The van der Waals surface area contributed by atoms with Gasteiger partial charge < -0.3 is 14.8 Å². The Labute approximate surface area is 112 Å². The van der Waals surface area contributed by atoms with Crippen LogP contribution in [0.4, 0.5) is 8.78 Å². The Bertz CT molecular complexity index is 422. The van der Waals surface area contributed by atoms with Crippen molar-refractivity contribution >= 4 is 6.08 Å². The SMILES string of the molecule is CCNC(C)/C=C/c1ccc(OC(F)F)c(OC)c1. The van der Waals surface area contributed by atoms with E-state index in [2.05, 4.69) is 10.1 Å². The zero-order valence-electron chi connectivity index (χ0n) is 11.3. The Balaban J connectivity index is 2.81. The van der Waals surface area contributed by atoms with Gasteiger partial charge in [0.25, 0.3) is 0 Å². The maximum absolute atomic E-state index is 12.2. The second-order valence-corrected chi connectivity index (χ2v) is 3.99. The average Bonchev–Trinajstić information content (AvgIpc) is 2.37. The van der Waals surface area contributed by atoms with E-state index in [1.54, 1.807) is 12.1 Å². The molecule has 0 fully saturated rings. The summed E-state index contributed by atoms with van der Waals surface area (Å²) in [6.07, 6.45) is 3.90. The summed E-state index contributed by atoms with van der Waals surface area (Å²) in [4.78, 5) is 0. The fourth-order valence-electron chi connectivity index (χ4n) is 1.63. The predicted octanol–water partition coefficient (Wildman–Crippen LogP) is 3.31. The van der Waals surface area contributed by atoms with Gasteiger partial charge in [0.1, 0.15) is 0 Å². The number of halogens is 2. The van der Waals surface area contributed by atoms with Crippen molar-refractivity contribution in [3.63, 3.8) is 0 Å². The lowest BCUT2D eigenvalue weighted by Crippen LogP contribution is -2.22. The van der Waals surface area contributed by atoms with E-state index >= 15 is 0 Å². The van der Waals surface area contributed by atoms with Crippen LogP contribution >= 0.6 is 0 Å². The molecule has 1 atom stereocenters. The molecule has 0 saturated heterocycles. The topological polar surface area (TPSA) is 30.5 Å². The number of ether oxygens (including phenoxy) is 2. The van der Waals surface area contributed by atoms with Gasteiger partial charge in [-0.25, -0.2) is 0 Å². The van der Waals surface area contributed by atoms with Gasteiger partial charge in [0.05, 0.1) is 7.11 Å². The van der Waals surface area contributed by atoms with Crippen molar-refractivity contribution in [3.8, 4) is 11.5 Å². The van der Waals surface area contributed by atoms with Crippen molar-refractivity contribution in [2.75, 3.05) is 13.7 Å². The maximum Gasteiger partial charge on any atom is 0.387 e. The van der Waals surface area contributed by atoms with Crippen LogP contribution in [0.3, 0.4) is 0 Å². The fourth-order valence-corrected chi connectivity index (χ4v) is 1.63. The van der Waals surface area contributed by atoms with Crippen LogP contribution in [0, 0.1) is 0 Å². The number of hydrogen-bond acceptors (Lipinski definition) is 3. The first-order chi connectivity index (χ1) is 9.06. The van der Waals surface area contributed by atoms with E-state index < -0.39 is 6.61 Å². The molecule has 1 rings (SSSR count). The summed E-state index contributed by atoms with van der Waals surface area (Å²) < 4.78 is 33.7. The standard InChI is InChI=1S/C14H19F2NO2/c1-4-17-10(2)5-6-11-7-8-12(19-14(15)16)13(9-11)18-3/h5-10,14,17H,4H2,1-3H3/b6-5+. The minimum Gasteiger partial charge on any atom is -0.493 e. The van der Waals surface area contributed by atoms with Gasteiger partial charge in [-0.15, -0.1) is 0 Å². The maximum atomic E-state index is 12.2. The average molecular weight is 271 g/mol. The molecule has 0 amide bonds. The minimum atomic E-state index is -2.86. The molecule has 0 saturated carbocycles. The van der Waals surface area contributed by atoms with Crippen molar-refractivity contribution in [1.82, 2.24) is 5.32 Å². The van der Waals surface area contributed by atoms with Gasteiger partial charge >= 0.3 is 6.61 Å². The first-order valence-electron chi connectivity index (χ1n) is 6.11. The molecule has 0 radical (unpaired) electrons. The van der Waals surface area contributed by atoms with Crippen LogP contribution in [0.15, 0.2) is 24.3 Å². The molecule has 0 bridgehead atoms. The van der Waals surface area contributed by atoms with E-state index in [1.807, 2.05) is 26.0 Å². The van der Waals surface area contributed by atoms with Crippen LogP contribution < -0.4 is 14.8 Å². The van der Waals surface area contributed by atoms with Gasteiger partial charge in [-0.05, 0) is 31.2 Å². The lowest BCUT2D eigenvalue weighted by molar-refractivity contribution is -0.0512.